The number of aromatic carboxylic acids is 1. The van der Waals surface area contributed by atoms with Gasteiger partial charge in [0.25, 0.3) is 0 Å². The third kappa shape index (κ3) is 2.94. The van der Waals surface area contributed by atoms with Crippen molar-refractivity contribution in [1.82, 2.24) is 10.2 Å². The maximum absolute atomic E-state index is 10.8. The standard InChI is InChI=1S/C15H16N4O2/c20-15(21)13-6-7-14(17-16-13)19-10-8-18(9-11-19)12-4-2-1-3-5-12/h1-7H,8-11H2,(H,20,21). The summed E-state index contributed by atoms with van der Waals surface area (Å²) in [6.07, 6.45) is 0. The van der Waals surface area contributed by atoms with Gasteiger partial charge in [0, 0.05) is 31.9 Å². The molecule has 0 aliphatic carbocycles. The quantitative estimate of drug-likeness (QED) is 0.921. The molecule has 2 aromatic rings. The number of aromatic nitrogens is 2. The van der Waals surface area contributed by atoms with Crippen molar-refractivity contribution in [3.63, 3.8) is 0 Å². The molecule has 0 unspecified atom stereocenters. The van der Waals surface area contributed by atoms with E-state index < -0.39 is 5.97 Å². The van der Waals surface area contributed by atoms with Gasteiger partial charge in [0.05, 0.1) is 0 Å². The van der Waals surface area contributed by atoms with E-state index in [0.717, 1.165) is 32.0 Å². The van der Waals surface area contributed by atoms with Gasteiger partial charge in [-0.1, -0.05) is 18.2 Å². The number of carboxylic acids is 1. The number of rotatable bonds is 3. The molecule has 108 valence electrons. The Kier molecular flexibility index (Phi) is 3.68. The number of carboxylic acid groups (broad SMARTS) is 1. The first kappa shape index (κ1) is 13.4. The number of anilines is 2. The summed E-state index contributed by atoms with van der Waals surface area (Å²) < 4.78 is 0. The smallest absolute Gasteiger partial charge is 0.356 e. The predicted octanol–water partition coefficient (Wildman–Crippen LogP) is 1.50. The zero-order valence-corrected chi connectivity index (χ0v) is 11.5. The average molecular weight is 284 g/mol. The second kappa shape index (κ2) is 5.78. The summed E-state index contributed by atoms with van der Waals surface area (Å²) >= 11 is 0. The molecule has 6 nitrogen and oxygen atoms in total. The van der Waals surface area contributed by atoms with E-state index in [2.05, 4.69) is 32.1 Å². The molecule has 0 spiro atoms. The molecule has 1 saturated heterocycles. The van der Waals surface area contributed by atoms with Gasteiger partial charge in [0.1, 0.15) is 0 Å². The molecule has 1 aliphatic rings. The normalized spacial score (nSPS) is 15.0. The van der Waals surface area contributed by atoms with Crippen LogP contribution in [0.1, 0.15) is 10.5 Å². The number of para-hydroxylation sites is 1. The van der Waals surface area contributed by atoms with Crippen LogP contribution in [0.4, 0.5) is 11.5 Å². The molecule has 0 amide bonds. The van der Waals surface area contributed by atoms with Crippen LogP contribution in [-0.4, -0.2) is 47.5 Å². The lowest BCUT2D eigenvalue weighted by Crippen LogP contribution is -2.46. The van der Waals surface area contributed by atoms with Crippen LogP contribution >= 0.6 is 0 Å². The Morgan fingerprint density at radius 1 is 0.905 bits per heavy atom. The summed E-state index contributed by atoms with van der Waals surface area (Å²) in [7, 11) is 0. The highest BCUT2D eigenvalue weighted by Crippen LogP contribution is 2.18. The molecule has 6 heteroatoms. The van der Waals surface area contributed by atoms with E-state index in [9.17, 15) is 4.79 Å². The second-order valence-electron chi connectivity index (χ2n) is 4.89. The van der Waals surface area contributed by atoms with Crippen LogP contribution in [0.5, 0.6) is 0 Å². The molecule has 1 fully saturated rings. The molecule has 2 heterocycles. The Morgan fingerprint density at radius 2 is 1.57 bits per heavy atom. The Morgan fingerprint density at radius 3 is 2.14 bits per heavy atom. The first-order valence-corrected chi connectivity index (χ1v) is 6.86. The molecule has 21 heavy (non-hydrogen) atoms. The van der Waals surface area contributed by atoms with Gasteiger partial charge in [-0.15, -0.1) is 10.2 Å². The number of carbonyl (C=O) groups is 1. The molecule has 0 saturated carbocycles. The zero-order valence-electron chi connectivity index (χ0n) is 11.5. The molecule has 0 radical (unpaired) electrons. The monoisotopic (exact) mass is 284 g/mol. The summed E-state index contributed by atoms with van der Waals surface area (Å²) in [4.78, 5) is 15.2. The van der Waals surface area contributed by atoms with E-state index in [0.29, 0.717) is 0 Å². The molecule has 1 aromatic carbocycles. The molecular weight excluding hydrogens is 268 g/mol. The lowest BCUT2D eigenvalue weighted by Gasteiger charge is -2.36. The van der Waals surface area contributed by atoms with Crippen LogP contribution < -0.4 is 9.80 Å². The fourth-order valence-corrected chi connectivity index (χ4v) is 2.44. The largest absolute Gasteiger partial charge is 0.476 e. The Bertz CT molecular complexity index is 607. The topological polar surface area (TPSA) is 69.6 Å². The van der Waals surface area contributed by atoms with Crippen molar-refractivity contribution in [2.45, 2.75) is 0 Å². The molecule has 0 bridgehead atoms. The minimum atomic E-state index is -1.05. The number of hydrogen-bond acceptors (Lipinski definition) is 5. The summed E-state index contributed by atoms with van der Waals surface area (Å²) in [5, 5.41) is 16.5. The maximum Gasteiger partial charge on any atom is 0.356 e. The van der Waals surface area contributed by atoms with E-state index in [1.807, 2.05) is 18.2 Å². The van der Waals surface area contributed by atoms with Gasteiger partial charge in [-0.2, -0.15) is 0 Å². The van der Waals surface area contributed by atoms with Crippen LogP contribution in [0.3, 0.4) is 0 Å². The van der Waals surface area contributed by atoms with E-state index in [-0.39, 0.29) is 5.69 Å². The fraction of sp³-hybridized carbons (Fsp3) is 0.267. The summed E-state index contributed by atoms with van der Waals surface area (Å²) in [6.45, 7) is 3.50. The summed E-state index contributed by atoms with van der Waals surface area (Å²) in [5.74, 6) is -0.323. The third-order valence-corrected chi connectivity index (χ3v) is 3.59. The van der Waals surface area contributed by atoms with Crippen molar-refractivity contribution >= 4 is 17.5 Å². The summed E-state index contributed by atoms with van der Waals surface area (Å²) in [5.41, 5.74) is 1.20. The number of nitrogens with zero attached hydrogens (tertiary/aromatic N) is 4. The van der Waals surface area contributed by atoms with Crippen molar-refractivity contribution in [1.29, 1.82) is 0 Å². The van der Waals surface area contributed by atoms with Gasteiger partial charge < -0.3 is 14.9 Å². The van der Waals surface area contributed by atoms with Crippen LogP contribution in [0.15, 0.2) is 42.5 Å². The van der Waals surface area contributed by atoms with E-state index in [1.165, 1.54) is 11.8 Å². The van der Waals surface area contributed by atoms with Crippen molar-refractivity contribution in [3.8, 4) is 0 Å². The highest BCUT2D eigenvalue weighted by molar-refractivity contribution is 5.85. The van der Waals surface area contributed by atoms with Crippen molar-refractivity contribution in [3.05, 3.63) is 48.2 Å². The minimum Gasteiger partial charge on any atom is -0.476 e. The maximum atomic E-state index is 10.8. The van der Waals surface area contributed by atoms with Gasteiger partial charge in [0.15, 0.2) is 11.5 Å². The molecule has 3 rings (SSSR count). The molecule has 1 aliphatic heterocycles. The van der Waals surface area contributed by atoms with Gasteiger partial charge in [-0.05, 0) is 24.3 Å². The molecule has 1 aromatic heterocycles. The number of hydrogen-bond donors (Lipinski definition) is 1. The SMILES string of the molecule is O=C(O)c1ccc(N2CCN(c3ccccc3)CC2)nn1. The van der Waals surface area contributed by atoms with Gasteiger partial charge in [-0.3, -0.25) is 0 Å². The van der Waals surface area contributed by atoms with Gasteiger partial charge in [0.2, 0.25) is 0 Å². The zero-order chi connectivity index (χ0) is 14.7. The number of benzene rings is 1. The van der Waals surface area contributed by atoms with E-state index in [4.69, 9.17) is 5.11 Å². The minimum absolute atomic E-state index is 0.0262. The van der Waals surface area contributed by atoms with Crippen molar-refractivity contribution < 1.29 is 9.90 Å². The lowest BCUT2D eigenvalue weighted by atomic mass is 10.2. The predicted molar refractivity (Wildman–Crippen MR) is 79.9 cm³/mol. The first-order chi connectivity index (χ1) is 10.2. The van der Waals surface area contributed by atoms with Gasteiger partial charge in [-0.25, -0.2) is 4.79 Å². The van der Waals surface area contributed by atoms with Gasteiger partial charge >= 0.3 is 5.97 Å². The highest BCUT2D eigenvalue weighted by atomic mass is 16.4. The summed E-state index contributed by atoms with van der Waals surface area (Å²) in [6, 6.07) is 13.5. The second-order valence-corrected chi connectivity index (χ2v) is 4.89. The van der Waals surface area contributed by atoms with Crippen molar-refractivity contribution in [2.24, 2.45) is 0 Å². The Balaban J connectivity index is 1.64. The van der Waals surface area contributed by atoms with E-state index >= 15 is 0 Å². The van der Waals surface area contributed by atoms with Crippen LogP contribution in [-0.2, 0) is 0 Å². The molecule has 1 N–H and O–H groups in total. The van der Waals surface area contributed by atoms with E-state index in [1.54, 1.807) is 6.07 Å². The van der Waals surface area contributed by atoms with Crippen LogP contribution in [0.2, 0.25) is 0 Å². The molecule has 0 atom stereocenters. The fourth-order valence-electron chi connectivity index (χ4n) is 2.44. The van der Waals surface area contributed by atoms with Crippen LogP contribution in [0, 0.1) is 0 Å². The first-order valence-electron chi connectivity index (χ1n) is 6.86. The highest BCUT2D eigenvalue weighted by Gasteiger charge is 2.18. The van der Waals surface area contributed by atoms with Crippen LogP contribution in [0.25, 0.3) is 0 Å². The lowest BCUT2D eigenvalue weighted by molar-refractivity contribution is 0.0689. The third-order valence-electron chi connectivity index (χ3n) is 3.59. The Labute approximate surface area is 122 Å². The number of piperazine rings is 1. The Hall–Kier alpha value is -2.63. The van der Waals surface area contributed by atoms with Crippen molar-refractivity contribution in [2.75, 3.05) is 36.0 Å². The average Bonchev–Trinajstić information content (AvgIpc) is 2.56. The molecular formula is C15H16N4O2.